The van der Waals surface area contributed by atoms with Crippen molar-refractivity contribution in [1.82, 2.24) is 0 Å². The molecule has 150 valence electrons. The summed E-state index contributed by atoms with van der Waals surface area (Å²) in [6, 6.07) is 23.9. The highest BCUT2D eigenvalue weighted by molar-refractivity contribution is 7.91. The Balaban J connectivity index is 1.58. The zero-order chi connectivity index (χ0) is 21.1. The highest BCUT2D eigenvalue weighted by atomic mass is 32.2. The third-order valence-corrected chi connectivity index (χ3v) is 6.34. The number of phenols is 1. The maximum atomic E-state index is 13.1. The number of fused-ring (bicyclic) bond motifs is 1. The number of anilines is 1. The Morgan fingerprint density at radius 3 is 2.10 bits per heavy atom. The van der Waals surface area contributed by atoms with Gasteiger partial charge in [0.15, 0.2) is 0 Å². The lowest BCUT2D eigenvalue weighted by molar-refractivity contribution is 0.215. The molecule has 0 aliphatic rings. The van der Waals surface area contributed by atoms with Crippen LogP contribution >= 0.6 is 0 Å². The van der Waals surface area contributed by atoms with E-state index in [0.717, 1.165) is 0 Å². The van der Waals surface area contributed by atoms with E-state index in [9.17, 15) is 18.3 Å². The zero-order valence-corrected chi connectivity index (χ0v) is 16.5. The largest absolute Gasteiger partial charge is 0.507 e. The van der Waals surface area contributed by atoms with E-state index in [-0.39, 0.29) is 15.5 Å². The van der Waals surface area contributed by atoms with Gasteiger partial charge in [0, 0.05) is 16.5 Å². The van der Waals surface area contributed by atoms with Gasteiger partial charge in [0.1, 0.15) is 11.5 Å². The molecule has 0 atom stereocenters. The maximum absolute atomic E-state index is 13.1. The van der Waals surface area contributed by atoms with Crippen molar-refractivity contribution in [2.45, 2.75) is 9.79 Å². The van der Waals surface area contributed by atoms with E-state index in [1.807, 2.05) is 0 Å². The molecule has 0 heterocycles. The summed E-state index contributed by atoms with van der Waals surface area (Å²) in [7, 11) is -3.83. The smallest absolute Gasteiger partial charge is 0.417 e. The third-order valence-electron chi connectivity index (χ3n) is 4.52. The van der Waals surface area contributed by atoms with Crippen LogP contribution in [0.15, 0.2) is 101 Å². The van der Waals surface area contributed by atoms with Crippen LogP contribution in [0.1, 0.15) is 0 Å². The van der Waals surface area contributed by atoms with Crippen LogP contribution in [-0.2, 0) is 9.84 Å². The SMILES string of the molecule is O=C(Nc1ccc(S(=O)(=O)c2ccc(O)c3ccccc23)cc1)Oc1ccccc1. The van der Waals surface area contributed by atoms with Gasteiger partial charge in [0.05, 0.1) is 9.79 Å². The molecule has 0 fully saturated rings. The molecule has 7 heteroatoms. The minimum atomic E-state index is -3.83. The predicted octanol–water partition coefficient (Wildman–Crippen LogP) is 4.99. The fourth-order valence-electron chi connectivity index (χ4n) is 3.07. The minimum Gasteiger partial charge on any atom is -0.507 e. The summed E-state index contributed by atoms with van der Waals surface area (Å²) < 4.78 is 31.4. The summed E-state index contributed by atoms with van der Waals surface area (Å²) in [5, 5.41) is 13.5. The number of ether oxygens (including phenoxy) is 1. The minimum absolute atomic E-state index is 0.0148. The van der Waals surface area contributed by atoms with Gasteiger partial charge in [0.2, 0.25) is 9.84 Å². The lowest BCUT2D eigenvalue weighted by Crippen LogP contribution is -2.16. The first kappa shape index (κ1) is 19.5. The van der Waals surface area contributed by atoms with Crippen LogP contribution in [0.5, 0.6) is 11.5 Å². The van der Waals surface area contributed by atoms with Crippen LogP contribution in [0.25, 0.3) is 10.8 Å². The molecule has 0 saturated carbocycles. The van der Waals surface area contributed by atoms with E-state index in [1.54, 1.807) is 54.6 Å². The van der Waals surface area contributed by atoms with Crippen molar-refractivity contribution in [2.75, 3.05) is 5.32 Å². The van der Waals surface area contributed by atoms with Crippen LogP contribution in [0.4, 0.5) is 10.5 Å². The van der Waals surface area contributed by atoms with Gasteiger partial charge in [-0.3, -0.25) is 5.32 Å². The van der Waals surface area contributed by atoms with E-state index < -0.39 is 15.9 Å². The third kappa shape index (κ3) is 3.83. The van der Waals surface area contributed by atoms with Gasteiger partial charge in [-0.1, -0.05) is 42.5 Å². The number of carbonyl (C=O) groups excluding carboxylic acids is 1. The first-order chi connectivity index (χ1) is 14.4. The zero-order valence-electron chi connectivity index (χ0n) is 15.6. The number of phenolic OH excluding ortho intramolecular Hbond substituents is 1. The molecule has 6 nitrogen and oxygen atoms in total. The van der Waals surface area contributed by atoms with E-state index >= 15 is 0 Å². The second-order valence-corrected chi connectivity index (χ2v) is 8.40. The van der Waals surface area contributed by atoms with Crippen molar-refractivity contribution in [3.05, 3.63) is 91.0 Å². The highest BCUT2D eigenvalue weighted by Crippen LogP contribution is 2.33. The molecule has 0 spiro atoms. The van der Waals surface area contributed by atoms with Crippen molar-refractivity contribution in [2.24, 2.45) is 0 Å². The molecule has 0 aliphatic heterocycles. The van der Waals surface area contributed by atoms with Crippen molar-refractivity contribution in [1.29, 1.82) is 0 Å². The van der Waals surface area contributed by atoms with Crippen LogP contribution in [0.3, 0.4) is 0 Å². The number of nitrogens with one attached hydrogen (secondary N) is 1. The molecule has 4 aromatic rings. The predicted molar refractivity (Wildman–Crippen MR) is 114 cm³/mol. The molecule has 1 amide bonds. The van der Waals surface area contributed by atoms with Gasteiger partial charge in [0.25, 0.3) is 0 Å². The first-order valence-corrected chi connectivity index (χ1v) is 10.5. The average molecular weight is 419 g/mol. The normalized spacial score (nSPS) is 11.2. The second-order valence-electron chi connectivity index (χ2n) is 6.48. The van der Waals surface area contributed by atoms with E-state index in [1.165, 1.54) is 36.4 Å². The number of aromatic hydroxyl groups is 1. The Labute approximate surface area is 173 Å². The monoisotopic (exact) mass is 419 g/mol. The van der Waals surface area contributed by atoms with Crippen molar-refractivity contribution >= 4 is 32.4 Å². The van der Waals surface area contributed by atoms with Crippen molar-refractivity contribution < 1.29 is 23.1 Å². The van der Waals surface area contributed by atoms with Crippen LogP contribution in [0, 0.1) is 0 Å². The Morgan fingerprint density at radius 1 is 0.767 bits per heavy atom. The molecule has 0 unspecified atom stereocenters. The average Bonchev–Trinajstić information content (AvgIpc) is 2.75. The summed E-state index contributed by atoms with van der Waals surface area (Å²) >= 11 is 0. The number of rotatable bonds is 4. The maximum Gasteiger partial charge on any atom is 0.417 e. The molecule has 2 N–H and O–H groups in total. The van der Waals surface area contributed by atoms with Gasteiger partial charge in [-0.05, 0) is 48.5 Å². The molecule has 0 radical (unpaired) electrons. The second kappa shape index (κ2) is 7.88. The fourth-order valence-corrected chi connectivity index (χ4v) is 4.54. The molecule has 0 aliphatic carbocycles. The number of carbonyl (C=O) groups is 1. The molecule has 30 heavy (non-hydrogen) atoms. The van der Waals surface area contributed by atoms with Crippen LogP contribution in [0.2, 0.25) is 0 Å². The Morgan fingerprint density at radius 2 is 1.40 bits per heavy atom. The Kier molecular flexibility index (Phi) is 5.12. The number of para-hydroxylation sites is 1. The first-order valence-electron chi connectivity index (χ1n) is 9.05. The summed E-state index contributed by atoms with van der Waals surface area (Å²) in [6.07, 6.45) is -0.679. The summed E-state index contributed by atoms with van der Waals surface area (Å²) in [5.41, 5.74) is 0.394. The molecular formula is C23H17NO5S. The Bertz CT molecular complexity index is 1320. The van der Waals surface area contributed by atoms with Crippen molar-refractivity contribution in [3.63, 3.8) is 0 Å². The van der Waals surface area contributed by atoms with Crippen LogP contribution in [-0.4, -0.2) is 19.6 Å². The number of benzene rings is 4. The molecule has 0 bridgehead atoms. The molecule has 0 saturated heterocycles. The van der Waals surface area contributed by atoms with Crippen molar-refractivity contribution in [3.8, 4) is 11.5 Å². The molecule has 4 rings (SSSR count). The number of hydrogen-bond donors (Lipinski definition) is 2. The van der Waals surface area contributed by atoms with Crippen LogP contribution < -0.4 is 10.1 Å². The standard InChI is InChI=1S/C23H17NO5S/c25-21-14-15-22(20-9-5-4-8-19(20)21)30(27,28)18-12-10-16(11-13-18)24-23(26)29-17-6-2-1-3-7-17/h1-15,25H,(H,24,26). The molecule has 4 aromatic carbocycles. The van der Waals surface area contributed by atoms with Gasteiger partial charge in [-0.15, -0.1) is 0 Å². The summed E-state index contributed by atoms with van der Waals surface area (Å²) in [5.74, 6) is 0.412. The lowest BCUT2D eigenvalue weighted by Gasteiger charge is -2.11. The fraction of sp³-hybridized carbons (Fsp3) is 0. The number of hydrogen-bond acceptors (Lipinski definition) is 5. The van der Waals surface area contributed by atoms with E-state index in [4.69, 9.17) is 4.74 Å². The van der Waals surface area contributed by atoms with Gasteiger partial charge in [-0.2, -0.15) is 0 Å². The number of amides is 1. The topological polar surface area (TPSA) is 92.7 Å². The van der Waals surface area contributed by atoms with Gasteiger partial charge < -0.3 is 9.84 Å². The lowest BCUT2D eigenvalue weighted by atomic mass is 10.1. The Hall–Kier alpha value is -3.84. The van der Waals surface area contributed by atoms with Gasteiger partial charge >= 0.3 is 6.09 Å². The summed E-state index contributed by atoms with van der Waals surface area (Å²) in [4.78, 5) is 12.2. The molecule has 0 aromatic heterocycles. The van der Waals surface area contributed by atoms with E-state index in [2.05, 4.69) is 5.32 Å². The molecular weight excluding hydrogens is 402 g/mol. The quantitative estimate of drug-likeness (QED) is 0.486. The van der Waals surface area contributed by atoms with E-state index in [0.29, 0.717) is 22.2 Å². The van der Waals surface area contributed by atoms with Gasteiger partial charge in [-0.25, -0.2) is 13.2 Å². The highest BCUT2D eigenvalue weighted by Gasteiger charge is 2.21. The number of sulfone groups is 1. The summed E-state index contributed by atoms with van der Waals surface area (Å²) in [6.45, 7) is 0.